The quantitative estimate of drug-likeness (QED) is 0.757. The molecule has 1 aliphatic heterocycles. The van der Waals surface area contributed by atoms with E-state index in [9.17, 15) is 16.8 Å². The Bertz CT molecular complexity index is 647. The van der Waals surface area contributed by atoms with Gasteiger partial charge in [-0.3, -0.25) is 0 Å². The van der Waals surface area contributed by atoms with Crippen LogP contribution in [0.3, 0.4) is 0 Å². The van der Waals surface area contributed by atoms with E-state index in [0.29, 0.717) is 18.7 Å². The number of sulfonamides is 1. The van der Waals surface area contributed by atoms with Crippen molar-refractivity contribution < 1.29 is 21.3 Å². The number of furan rings is 1. The van der Waals surface area contributed by atoms with Crippen molar-refractivity contribution in [2.24, 2.45) is 0 Å². The molecule has 0 saturated carbocycles. The van der Waals surface area contributed by atoms with Gasteiger partial charge in [0.25, 0.3) is 10.0 Å². The lowest BCUT2D eigenvalue weighted by Gasteiger charge is -2.09. The summed E-state index contributed by atoms with van der Waals surface area (Å²) in [5.74, 6) is 0.363. The minimum absolute atomic E-state index is 0.0172. The summed E-state index contributed by atoms with van der Waals surface area (Å²) < 4.78 is 54.1. The van der Waals surface area contributed by atoms with Crippen molar-refractivity contribution >= 4 is 19.9 Å². The third-order valence-corrected chi connectivity index (χ3v) is 5.97. The molecule has 0 aliphatic carbocycles. The lowest BCUT2D eigenvalue weighted by molar-refractivity contribution is 0.403. The molecule has 9 heteroatoms. The van der Waals surface area contributed by atoms with Crippen LogP contribution >= 0.6 is 0 Å². The average molecular weight is 308 g/mol. The van der Waals surface area contributed by atoms with Crippen LogP contribution in [-0.2, 0) is 26.4 Å². The number of rotatable bonds is 5. The molecule has 2 rings (SSSR count). The van der Waals surface area contributed by atoms with Crippen molar-refractivity contribution in [1.82, 2.24) is 10.0 Å². The smallest absolute Gasteiger partial charge is 0.274 e. The van der Waals surface area contributed by atoms with Crippen molar-refractivity contribution in [2.75, 3.05) is 18.6 Å². The second-order valence-corrected chi connectivity index (χ2v) is 8.35. The molecular formula is C10H16N2O5S2. The summed E-state index contributed by atoms with van der Waals surface area (Å²) in [7, 11) is -5.20. The number of hydrogen-bond acceptors (Lipinski definition) is 6. The highest BCUT2D eigenvalue weighted by Gasteiger charge is 2.32. The van der Waals surface area contributed by atoms with Crippen LogP contribution in [0, 0.1) is 0 Å². The van der Waals surface area contributed by atoms with E-state index in [-0.39, 0.29) is 16.6 Å². The van der Waals surface area contributed by atoms with Crippen LogP contribution in [0.1, 0.15) is 12.2 Å². The zero-order chi connectivity index (χ0) is 14.1. The first-order chi connectivity index (χ1) is 8.82. The molecule has 7 nitrogen and oxygen atoms in total. The van der Waals surface area contributed by atoms with Gasteiger partial charge in [-0.1, -0.05) is 0 Å². The van der Waals surface area contributed by atoms with Gasteiger partial charge >= 0.3 is 0 Å². The van der Waals surface area contributed by atoms with Gasteiger partial charge in [0.2, 0.25) is 5.09 Å². The monoisotopic (exact) mass is 308 g/mol. The molecule has 2 N–H and O–H groups in total. The lowest BCUT2D eigenvalue weighted by Crippen LogP contribution is -2.35. The molecule has 0 aromatic carbocycles. The second kappa shape index (κ2) is 5.23. The van der Waals surface area contributed by atoms with Crippen LogP contribution < -0.4 is 10.0 Å². The van der Waals surface area contributed by atoms with E-state index >= 15 is 0 Å². The Morgan fingerprint density at radius 2 is 2.16 bits per heavy atom. The number of sulfone groups is 1. The highest BCUT2D eigenvalue weighted by atomic mass is 32.2. The van der Waals surface area contributed by atoms with Gasteiger partial charge in [-0.2, -0.15) is 0 Å². The summed E-state index contributed by atoms with van der Waals surface area (Å²) in [6.45, 7) is 0.424. The van der Waals surface area contributed by atoms with E-state index in [2.05, 4.69) is 10.0 Å². The van der Waals surface area contributed by atoms with Crippen LogP contribution in [0.5, 0.6) is 0 Å². The first-order valence-electron chi connectivity index (χ1n) is 5.78. The Morgan fingerprint density at radius 3 is 2.74 bits per heavy atom. The summed E-state index contributed by atoms with van der Waals surface area (Å²) in [5.41, 5.74) is 0. The SMILES string of the molecule is CNCc1ccc(S(=O)(=O)NC2CCS(=O)(=O)C2)o1. The largest absolute Gasteiger partial charge is 0.447 e. The first-order valence-corrected chi connectivity index (χ1v) is 9.09. The summed E-state index contributed by atoms with van der Waals surface area (Å²) in [6, 6.07) is 2.35. The Hall–Kier alpha value is -0.900. The minimum Gasteiger partial charge on any atom is -0.447 e. The predicted octanol–water partition coefficient (Wildman–Crippen LogP) is -0.536. The maximum absolute atomic E-state index is 12.0. The standard InChI is InChI=1S/C10H16N2O5S2/c1-11-6-9-2-3-10(17-9)19(15,16)12-8-4-5-18(13,14)7-8/h2-3,8,11-12H,4-7H2,1H3. The van der Waals surface area contributed by atoms with Gasteiger partial charge in [0.05, 0.1) is 18.1 Å². The molecule has 0 radical (unpaired) electrons. The lowest BCUT2D eigenvalue weighted by atomic mass is 10.3. The van der Waals surface area contributed by atoms with E-state index < -0.39 is 25.9 Å². The van der Waals surface area contributed by atoms with E-state index in [1.54, 1.807) is 13.1 Å². The van der Waals surface area contributed by atoms with Gasteiger partial charge in [-0.05, 0) is 25.6 Å². The summed E-state index contributed by atoms with van der Waals surface area (Å²) in [5, 5.41) is 2.65. The van der Waals surface area contributed by atoms with Crippen LogP contribution in [0.2, 0.25) is 0 Å². The Morgan fingerprint density at radius 1 is 1.42 bits per heavy atom. The van der Waals surface area contributed by atoms with E-state index in [4.69, 9.17) is 4.42 Å². The van der Waals surface area contributed by atoms with Crippen molar-refractivity contribution in [3.8, 4) is 0 Å². The maximum atomic E-state index is 12.0. The molecule has 0 spiro atoms. The van der Waals surface area contributed by atoms with Crippen LogP contribution in [0.4, 0.5) is 0 Å². The number of hydrogen-bond donors (Lipinski definition) is 2. The van der Waals surface area contributed by atoms with Crippen molar-refractivity contribution in [3.05, 3.63) is 17.9 Å². The zero-order valence-corrected chi connectivity index (χ0v) is 12.1. The molecule has 1 aromatic rings. The summed E-state index contributed by atoms with van der Waals surface area (Å²) >= 11 is 0. The fourth-order valence-electron chi connectivity index (χ4n) is 1.94. The topological polar surface area (TPSA) is 105 Å². The molecule has 0 bridgehead atoms. The van der Waals surface area contributed by atoms with E-state index in [1.807, 2.05) is 0 Å². The Labute approximate surface area is 112 Å². The molecule has 0 amide bonds. The van der Waals surface area contributed by atoms with Crippen LogP contribution in [0.15, 0.2) is 21.6 Å². The molecule has 1 aromatic heterocycles. The highest BCUT2D eigenvalue weighted by molar-refractivity contribution is 7.92. The van der Waals surface area contributed by atoms with Gasteiger partial charge in [0.1, 0.15) is 5.76 Å². The van der Waals surface area contributed by atoms with Gasteiger partial charge in [-0.25, -0.2) is 21.6 Å². The molecule has 19 heavy (non-hydrogen) atoms. The fourth-order valence-corrected chi connectivity index (χ4v) is 4.94. The molecule has 1 fully saturated rings. The fraction of sp³-hybridized carbons (Fsp3) is 0.600. The molecular weight excluding hydrogens is 292 g/mol. The van der Waals surface area contributed by atoms with Gasteiger partial charge in [0.15, 0.2) is 9.84 Å². The van der Waals surface area contributed by atoms with Crippen LogP contribution in [-0.4, -0.2) is 41.4 Å². The zero-order valence-electron chi connectivity index (χ0n) is 10.4. The molecule has 108 valence electrons. The van der Waals surface area contributed by atoms with Crippen molar-refractivity contribution in [2.45, 2.75) is 24.1 Å². The molecule has 2 heterocycles. The van der Waals surface area contributed by atoms with Crippen LogP contribution in [0.25, 0.3) is 0 Å². The molecule has 1 atom stereocenters. The Balaban J connectivity index is 2.10. The Kier molecular flexibility index (Phi) is 4.00. The van der Waals surface area contributed by atoms with Crippen molar-refractivity contribution in [3.63, 3.8) is 0 Å². The third-order valence-electron chi connectivity index (χ3n) is 2.81. The molecule has 1 unspecified atom stereocenters. The maximum Gasteiger partial charge on any atom is 0.274 e. The summed E-state index contributed by atoms with van der Waals surface area (Å²) in [6.07, 6.45) is 0.297. The van der Waals surface area contributed by atoms with Gasteiger partial charge in [-0.15, -0.1) is 0 Å². The van der Waals surface area contributed by atoms with Gasteiger partial charge < -0.3 is 9.73 Å². The van der Waals surface area contributed by atoms with E-state index in [1.165, 1.54) is 6.07 Å². The second-order valence-electron chi connectivity index (χ2n) is 4.47. The van der Waals surface area contributed by atoms with E-state index in [0.717, 1.165) is 0 Å². The predicted molar refractivity (Wildman–Crippen MR) is 68.9 cm³/mol. The average Bonchev–Trinajstić information content (AvgIpc) is 2.86. The minimum atomic E-state index is -3.80. The van der Waals surface area contributed by atoms with Crippen molar-refractivity contribution in [1.29, 1.82) is 0 Å². The molecule has 1 saturated heterocycles. The van der Waals surface area contributed by atoms with Gasteiger partial charge in [0, 0.05) is 6.04 Å². The normalized spacial score (nSPS) is 22.7. The molecule has 1 aliphatic rings. The first kappa shape index (κ1) is 14.5. The summed E-state index contributed by atoms with van der Waals surface area (Å²) in [4.78, 5) is 0. The highest BCUT2D eigenvalue weighted by Crippen LogP contribution is 2.17. The number of nitrogens with one attached hydrogen (secondary N) is 2. The third kappa shape index (κ3) is 3.56.